The third-order valence-corrected chi connectivity index (χ3v) is 3.37. The topological polar surface area (TPSA) is 39.2 Å². The first kappa shape index (κ1) is 15.7. The highest BCUT2D eigenvalue weighted by Crippen LogP contribution is 2.18. The van der Waals surface area contributed by atoms with E-state index in [1.165, 1.54) is 6.07 Å². The molecule has 6 heteroatoms. The maximum absolute atomic E-state index is 13.4. The number of aromatic nitrogens is 1. The molecule has 2 rings (SSSR count). The monoisotopic (exact) mass is 327 g/mol. The van der Waals surface area contributed by atoms with Crippen molar-refractivity contribution in [2.45, 2.75) is 19.4 Å². The van der Waals surface area contributed by atoms with Crippen LogP contribution in [-0.4, -0.2) is 11.0 Å². The van der Waals surface area contributed by atoms with Crippen molar-refractivity contribution in [3.63, 3.8) is 0 Å². The van der Waals surface area contributed by atoms with Crippen molar-refractivity contribution >= 4 is 29.2 Å². The SMILES string of the molecule is O=C(CCc1ccccc1F)OCc1nc(Cl)ccc1Cl. The number of carbonyl (C=O) groups is 1. The number of pyridine rings is 1. The Kier molecular flexibility index (Phi) is 5.53. The van der Waals surface area contributed by atoms with Crippen LogP contribution in [-0.2, 0) is 22.6 Å². The highest BCUT2D eigenvalue weighted by Gasteiger charge is 2.09. The minimum Gasteiger partial charge on any atom is -0.459 e. The van der Waals surface area contributed by atoms with E-state index in [2.05, 4.69) is 4.98 Å². The molecule has 3 nitrogen and oxygen atoms in total. The van der Waals surface area contributed by atoms with Gasteiger partial charge in [-0.25, -0.2) is 9.37 Å². The molecule has 0 N–H and O–H groups in total. The molecule has 1 aromatic heterocycles. The van der Waals surface area contributed by atoms with E-state index in [0.717, 1.165) is 0 Å². The van der Waals surface area contributed by atoms with E-state index < -0.39 is 5.97 Å². The van der Waals surface area contributed by atoms with Crippen LogP contribution in [0.25, 0.3) is 0 Å². The summed E-state index contributed by atoms with van der Waals surface area (Å²) in [6.07, 6.45) is 0.362. The number of halogens is 3. The van der Waals surface area contributed by atoms with Gasteiger partial charge in [-0.2, -0.15) is 0 Å². The van der Waals surface area contributed by atoms with Gasteiger partial charge in [-0.15, -0.1) is 0 Å². The predicted molar refractivity (Wildman–Crippen MR) is 78.8 cm³/mol. The zero-order valence-corrected chi connectivity index (χ0v) is 12.5. The first-order valence-electron chi connectivity index (χ1n) is 6.26. The normalized spacial score (nSPS) is 10.4. The second-order valence-corrected chi connectivity index (χ2v) is 5.11. The quantitative estimate of drug-likeness (QED) is 0.610. The fraction of sp³-hybridized carbons (Fsp3) is 0.200. The molecular formula is C15H12Cl2FNO2. The maximum Gasteiger partial charge on any atom is 0.306 e. The van der Waals surface area contributed by atoms with Crippen molar-refractivity contribution in [2.24, 2.45) is 0 Å². The van der Waals surface area contributed by atoms with E-state index in [4.69, 9.17) is 27.9 Å². The van der Waals surface area contributed by atoms with Crippen molar-refractivity contribution in [1.29, 1.82) is 0 Å². The van der Waals surface area contributed by atoms with Crippen LogP contribution in [0.3, 0.4) is 0 Å². The fourth-order valence-electron chi connectivity index (χ4n) is 1.72. The molecule has 2 aromatic rings. The molecule has 0 bridgehead atoms. The standard InChI is InChI=1S/C15H12Cl2FNO2/c16-11-6-7-14(17)19-13(11)9-21-15(20)8-5-10-3-1-2-4-12(10)18/h1-4,6-7H,5,8-9H2. The summed E-state index contributed by atoms with van der Waals surface area (Å²) in [6.45, 7) is -0.0600. The number of hydrogen-bond donors (Lipinski definition) is 0. The molecule has 1 heterocycles. The molecule has 0 aliphatic heterocycles. The number of aryl methyl sites for hydroxylation is 1. The average Bonchev–Trinajstić information content (AvgIpc) is 2.47. The van der Waals surface area contributed by atoms with Crippen LogP contribution in [0.2, 0.25) is 10.2 Å². The van der Waals surface area contributed by atoms with Gasteiger partial charge in [-0.3, -0.25) is 4.79 Å². The Bertz CT molecular complexity index is 649. The largest absolute Gasteiger partial charge is 0.459 e. The molecule has 0 unspecified atom stereocenters. The molecule has 0 saturated heterocycles. The Hall–Kier alpha value is -1.65. The lowest BCUT2D eigenvalue weighted by molar-refractivity contribution is -0.145. The van der Waals surface area contributed by atoms with Crippen LogP contribution in [0.1, 0.15) is 17.7 Å². The molecule has 0 aliphatic rings. The number of carbonyl (C=O) groups excluding carboxylic acids is 1. The van der Waals surface area contributed by atoms with Gasteiger partial charge in [0.15, 0.2) is 0 Å². The molecule has 0 fully saturated rings. The molecule has 0 radical (unpaired) electrons. The number of nitrogens with zero attached hydrogens (tertiary/aromatic N) is 1. The van der Waals surface area contributed by atoms with Crippen LogP contribution in [0, 0.1) is 5.82 Å². The Morgan fingerprint density at radius 1 is 1.19 bits per heavy atom. The van der Waals surface area contributed by atoms with Crippen molar-refractivity contribution in [2.75, 3.05) is 0 Å². The number of esters is 1. The van der Waals surface area contributed by atoms with Crippen LogP contribution >= 0.6 is 23.2 Å². The van der Waals surface area contributed by atoms with Gasteiger partial charge in [-0.05, 0) is 30.2 Å². The third-order valence-electron chi connectivity index (χ3n) is 2.81. The second-order valence-electron chi connectivity index (χ2n) is 4.31. The molecule has 0 saturated carbocycles. The lowest BCUT2D eigenvalue weighted by Crippen LogP contribution is -2.07. The Labute approximate surface area is 131 Å². The van der Waals surface area contributed by atoms with Crippen LogP contribution in [0.4, 0.5) is 4.39 Å². The average molecular weight is 328 g/mol. The van der Waals surface area contributed by atoms with Crippen LogP contribution < -0.4 is 0 Å². The Morgan fingerprint density at radius 3 is 2.71 bits per heavy atom. The van der Waals surface area contributed by atoms with Gasteiger partial charge in [0.1, 0.15) is 17.6 Å². The summed E-state index contributed by atoms with van der Waals surface area (Å²) in [4.78, 5) is 15.6. The third kappa shape index (κ3) is 4.69. The van der Waals surface area contributed by atoms with Crippen molar-refractivity contribution in [3.05, 3.63) is 63.6 Å². The minimum absolute atomic E-state index is 0.0600. The molecule has 1 aromatic carbocycles. The van der Waals surface area contributed by atoms with E-state index in [9.17, 15) is 9.18 Å². The molecule has 0 amide bonds. The summed E-state index contributed by atoms with van der Waals surface area (Å²) < 4.78 is 18.5. The summed E-state index contributed by atoms with van der Waals surface area (Å²) in [6, 6.07) is 9.45. The van der Waals surface area contributed by atoms with Crippen molar-refractivity contribution < 1.29 is 13.9 Å². The Morgan fingerprint density at radius 2 is 1.95 bits per heavy atom. The highest BCUT2D eigenvalue weighted by atomic mass is 35.5. The minimum atomic E-state index is -0.448. The first-order chi connectivity index (χ1) is 10.1. The van der Waals surface area contributed by atoms with Gasteiger partial charge in [0.2, 0.25) is 0 Å². The van der Waals surface area contributed by atoms with E-state index in [1.807, 2.05) is 0 Å². The van der Waals surface area contributed by atoms with E-state index in [-0.39, 0.29) is 30.4 Å². The number of benzene rings is 1. The van der Waals surface area contributed by atoms with Gasteiger partial charge in [-0.1, -0.05) is 41.4 Å². The van der Waals surface area contributed by atoms with Gasteiger partial charge in [0.25, 0.3) is 0 Å². The fourth-order valence-corrected chi connectivity index (χ4v) is 2.04. The zero-order valence-electron chi connectivity index (χ0n) is 11.0. The van der Waals surface area contributed by atoms with Crippen LogP contribution in [0.15, 0.2) is 36.4 Å². The lowest BCUT2D eigenvalue weighted by atomic mass is 10.1. The number of hydrogen-bond acceptors (Lipinski definition) is 3. The van der Waals surface area contributed by atoms with E-state index >= 15 is 0 Å². The van der Waals surface area contributed by atoms with Crippen molar-refractivity contribution in [1.82, 2.24) is 4.98 Å². The van der Waals surface area contributed by atoms with Gasteiger partial charge in [0.05, 0.1) is 10.7 Å². The van der Waals surface area contributed by atoms with Crippen molar-refractivity contribution in [3.8, 4) is 0 Å². The first-order valence-corrected chi connectivity index (χ1v) is 7.02. The van der Waals surface area contributed by atoms with Gasteiger partial charge >= 0.3 is 5.97 Å². The molecule has 110 valence electrons. The molecule has 21 heavy (non-hydrogen) atoms. The summed E-state index contributed by atoms with van der Waals surface area (Å²) >= 11 is 11.7. The summed E-state index contributed by atoms with van der Waals surface area (Å²) in [5.41, 5.74) is 0.872. The second kappa shape index (κ2) is 7.38. The van der Waals surface area contributed by atoms with Gasteiger partial charge < -0.3 is 4.74 Å². The molecule has 0 atom stereocenters. The summed E-state index contributed by atoms with van der Waals surface area (Å²) in [5.74, 6) is -0.777. The van der Waals surface area contributed by atoms with Crippen LogP contribution in [0.5, 0.6) is 0 Å². The molecule has 0 spiro atoms. The zero-order chi connectivity index (χ0) is 15.2. The smallest absolute Gasteiger partial charge is 0.306 e. The van der Waals surface area contributed by atoms with E-state index in [1.54, 1.807) is 30.3 Å². The number of rotatable bonds is 5. The highest BCUT2D eigenvalue weighted by molar-refractivity contribution is 6.32. The number of ether oxygens (including phenoxy) is 1. The molecular weight excluding hydrogens is 316 g/mol. The van der Waals surface area contributed by atoms with E-state index in [0.29, 0.717) is 16.3 Å². The molecule has 0 aliphatic carbocycles. The Balaban J connectivity index is 1.85. The maximum atomic E-state index is 13.4. The summed E-state index contributed by atoms with van der Waals surface area (Å²) in [5, 5.41) is 0.651. The summed E-state index contributed by atoms with van der Waals surface area (Å²) in [7, 11) is 0. The lowest BCUT2D eigenvalue weighted by Gasteiger charge is -2.06. The van der Waals surface area contributed by atoms with Gasteiger partial charge in [0, 0.05) is 6.42 Å². The predicted octanol–water partition coefficient (Wildman–Crippen LogP) is 4.20.